The predicted octanol–water partition coefficient (Wildman–Crippen LogP) is 4.25. The highest BCUT2D eigenvalue weighted by Crippen LogP contribution is 2.21. The lowest BCUT2D eigenvalue weighted by Gasteiger charge is -2.19. The second-order valence-corrected chi connectivity index (χ2v) is 5.91. The van der Waals surface area contributed by atoms with Crippen LogP contribution in [-0.4, -0.2) is 24.0 Å². The summed E-state index contributed by atoms with van der Waals surface area (Å²) >= 11 is 3.42. The van der Waals surface area contributed by atoms with E-state index in [-0.39, 0.29) is 5.91 Å². The number of carbonyl (C=O) groups is 1. The van der Waals surface area contributed by atoms with Gasteiger partial charge in [0.1, 0.15) is 5.82 Å². The third-order valence-corrected chi connectivity index (χ3v) is 4.03. The minimum absolute atomic E-state index is 0.149. The van der Waals surface area contributed by atoms with Gasteiger partial charge in [0, 0.05) is 29.4 Å². The normalized spacial score (nSPS) is 10.4. The number of aryl methyl sites for hydroxylation is 1. The molecule has 0 saturated heterocycles. The van der Waals surface area contributed by atoms with Gasteiger partial charge in [-0.05, 0) is 56.7 Å². The maximum atomic E-state index is 12.3. The van der Waals surface area contributed by atoms with E-state index in [0.717, 1.165) is 34.6 Å². The predicted molar refractivity (Wildman–Crippen MR) is 94.6 cm³/mol. The van der Waals surface area contributed by atoms with Gasteiger partial charge in [0.15, 0.2) is 0 Å². The van der Waals surface area contributed by atoms with E-state index in [1.165, 1.54) is 0 Å². The number of pyridine rings is 1. The fraction of sp³-hybridized carbons (Fsp3) is 0.294. The minimum atomic E-state index is -0.149. The Labute approximate surface area is 139 Å². The Kier molecular flexibility index (Phi) is 5.55. The molecule has 2 aromatic rings. The van der Waals surface area contributed by atoms with Crippen LogP contribution in [0, 0.1) is 6.92 Å². The highest BCUT2D eigenvalue weighted by atomic mass is 79.9. The number of benzene rings is 1. The van der Waals surface area contributed by atoms with Crippen molar-refractivity contribution in [3.8, 4) is 0 Å². The fourth-order valence-corrected chi connectivity index (χ4v) is 2.69. The maximum absolute atomic E-state index is 12.3. The van der Waals surface area contributed by atoms with E-state index in [0.29, 0.717) is 5.56 Å². The van der Waals surface area contributed by atoms with E-state index in [4.69, 9.17) is 0 Å². The maximum Gasteiger partial charge on any atom is 0.257 e. The zero-order chi connectivity index (χ0) is 16.1. The Morgan fingerprint density at radius 1 is 1.23 bits per heavy atom. The van der Waals surface area contributed by atoms with Crippen molar-refractivity contribution in [2.75, 3.05) is 23.3 Å². The van der Waals surface area contributed by atoms with Crippen LogP contribution in [0.25, 0.3) is 0 Å². The molecular formula is C17H20BrN3O. The number of carbonyl (C=O) groups excluding carboxylic acids is 1. The first-order chi connectivity index (χ1) is 10.5. The molecular weight excluding hydrogens is 342 g/mol. The summed E-state index contributed by atoms with van der Waals surface area (Å²) in [6.07, 6.45) is 1.62. The highest BCUT2D eigenvalue weighted by molar-refractivity contribution is 9.10. The molecule has 116 valence electrons. The number of nitrogens with zero attached hydrogens (tertiary/aromatic N) is 2. The lowest BCUT2D eigenvalue weighted by atomic mass is 10.2. The molecule has 1 N–H and O–H groups in total. The summed E-state index contributed by atoms with van der Waals surface area (Å²) in [6.45, 7) is 7.92. The van der Waals surface area contributed by atoms with Crippen LogP contribution in [0.3, 0.4) is 0 Å². The van der Waals surface area contributed by atoms with Crippen LogP contribution in [-0.2, 0) is 0 Å². The van der Waals surface area contributed by atoms with Gasteiger partial charge in [-0.25, -0.2) is 4.98 Å². The average Bonchev–Trinajstić information content (AvgIpc) is 2.52. The van der Waals surface area contributed by atoms with Crippen LogP contribution in [0.1, 0.15) is 29.8 Å². The van der Waals surface area contributed by atoms with Gasteiger partial charge in [-0.2, -0.15) is 0 Å². The molecule has 22 heavy (non-hydrogen) atoms. The number of halogens is 1. The minimum Gasteiger partial charge on any atom is -0.357 e. The number of rotatable bonds is 5. The molecule has 0 aliphatic heterocycles. The molecule has 0 aliphatic rings. The van der Waals surface area contributed by atoms with Crippen LogP contribution < -0.4 is 10.2 Å². The molecule has 1 amide bonds. The summed E-state index contributed by atoms with van der Waals surface area (Å²) in [4.78, 5) is 18.8. The van der Waals surface area contributed by atoms with Crippen LogP contribution >= 0.6 is 15.9 Å². The first-order valence-electron chi connectivity index (χ1n) is 7.33. The van der Waals surface area contributed by atoms with Crippen LogP contribution in [0.15, 0.2) is 41.0 Å². The molecule has 0 atom stereocenters. The van der Waals surface area contributed by atoms with Gasteiger partial charge in [0.25, 0.3) is 5.91 Å². The van der Waals surface area contributed by atoms with Gasteiger partial charge in [-0.15, -0.1) is 0 Å². The standard InChI is InChI=1S/C17H20BrN3O/c1-4-21(5-2)16-9-6-13(11-19-16)17(22)20-15-8-7-14(18)10-12(15)3/h6-11H,4-5H2,1-3H3,(H,20,22). The van der Waals surface area contributed by atoms with Crippen LogP contribution in [0.5, 0.6) is 0 Å². The quantitative estimate of drug-likeness (QED) is 0.865. The van der Waals surface area contributed by atoms with Crippen LogP contribution in [0.4, 0.5) is 11.5 Å². The van der Waals surface area contributed by atoms with Gasteiger partial charge < -0.3 is 10.2 Å². The lowest BCUT2D eigenvalue weighted by molar-refractivity contribution is 0.102. The molecule has 0 fully saturated rings. The molecule has 1 heterocycles. The second-order valence-electron chi connectivity index (χ2n) is 4.99. The van der Waals surface area contributed by atoms with Gasteiger partial charge >= 0.3 is 0 Å². The summed E-state index contributed by atoms with van der Waals surface area (Å²) in [5.74, 6) is 0.741. The van der Waals surface area contributed by atoms with Gasteiger partial charge in [-0.1, -0.05) is 15.9 Å². The van der Waals surface area contributed by atoms with Crippen molar-refractivity contribution in [1.82, 2.24) is 4.98 Å². The first-order valence-corrected chi connectivity index (χ1v) is 8.13. The third-order valence-electron chi connectivity index (χ3n) is 3.53. The number of hydrogen-bond donors (Lipinski definition) is 1. The number of aromatic nitrogens is 1. The van der Waals surface area contributed by atoms with E-state index in [9.17, 15) is 4.79 Å². The topological polar surface area (TPSA) is 45.2 Å². The van der Waals surface area contributed by atoms with Gasteiger partial charge in [0.2, 0.25) is 0 Å². The Morgan fingerprint density at radius 2 is 1.95 bits per heavy atom. The fourth-order valence-electron chi connectivity index (χ4n) is 2.22. The molecule has 0 radical (unpaired) electrons. The van der Waals surface area contributed by atoms with E-state index >= 15 is 0 Å². The monoisotopic (exact) mass is 361 g/mol. The average molecular weight is 362 g/mol. The Balaban J connectivity index is 2.13. The van der Waals surface area contributed by atoms with Crippen molar-refractivity contribution in [2.45, 2.75) is 20.8 Å². The lowest BCUT2D eigenvalue weighted by Crippen LogP contribution is -2.23. The molecule has 0 aliphatic carbocycles. The molecule has 0 spiro atoms. The molecule has 2 rings (SSSR count). The van der Waals surface area contributed by atoms with Gasteiger partial charge in [0.05, 0.1) is 5.56 Å². The highest BCUT2D eigenvalue weighted by Gasteiger charge is 2.10. The van der Waals surface area contributed by atoms with E-state index < -0.39 is 0 Å². The SMILES string of the molecule is CCN(CC)c1ccc(C(=O)Nc2ccc(Br)cc2C)cn1. The van der Waals surface area contributed by atoms with Crippen molar-refractivity contribution in [2.24, 2.45) is 0 Å². The molecule has 0 bridgehead atoms. The largest absolute Gasteiger partial charge is 0.357 e. The molecule has 0 unspecified atom stereocenters. The van der Waals surface area contributed by atoms with E-state index in [2.05, 4.69) is 45.0 Å². The van der Waals surface area contributed by atoms with Crippen molar-refractivity contribution in [3.63, 3.8) is 0 Å². The number of anilines is 2. The molecule has 1 aromatic heterocycles. The third kappa shape index (κ3) is 3.85. The van der Waals surface area contributed by atoms with Crippen LogP contribution in [0.2, 0.25) is 0 Å². The number of amides is 1. The molecule has 1 aromatic carbocycles. The summed E-state index contributed by atoms with van der Waals surface area (Å²) < 4.78 is 0.994. The van der Waals surface area contributed by atoms with Crippen molar-refractivity contribution >= 4 is 33.3 Å². The Hall–Kier alpha value is -1.88. The molecule has 5 heteroatoms. The van der Waals surface area contributed by atoms with Crippen molar-refractivity contribution < 1.29 is 4.79 Å². The zero-order valence-electron chi connectivity index (χ0n) is 13.1. The number of hydrogen-bond acceptors (Lipinski definition) is 3. The van der Waals surface area contributed by atoms with Crippen molar-refractivity contribution in [1.29, 1.82) is 0 Å². The van der Waals surface area contributed by atoms with Crippen molar-refractivity contribution in [3.05, 3.63) is 52.1 Å². The number of nitrogens with one attached hydrogen (secondary N) is 1. The Bertz CT molecular complexity index is 651. The smallest absolute Gasteiger partial charge is 0.257 e. The van der Waals surface area contributed by atoms with E-state index in [1.807, 2.05) is 37.3 Å². The Morgan fingerprint density at radius 3 is 2.50 bits per heavy atom. The first kappa shape index (κ1) is 16.5. The zero-order valence-corrected chi connectivity index (χ0v) is 14.6. The summed E-state index contributed by atoms with van der Waals surface area (Å²) in [6, 6.07) is 9.46. The second kappa shape index (κ2) is 7.40. The van der Waals surface area contributed by atoms with E-state index in [1.54, 1.807) is 6.20 Å². The molecule has 0 saturated carbocycles. The summed E-state index contributed by atoms with van der Waals surface area (Å²) in [7, 11) is 0. The van der Waals surface area contributed by atoms with Gasteiger partial charge in [-0.3, -0.25) is 4.79 Å². The summed E-state index contributed by atoms with van der Waals surface area (Å²) in [5.41, 5.74) is 2.37. The molecule has 4 nitrogen and oxygen atoms in total. The summed E-state index contributed by atoms with van der Waals surface area (Å²) in [5, 5.41) is 2.92.